The molecule has 0 aliphatic carbocycles. The van der Waals surface area contributed by atoms with Crippen LogP contribution in [0, 0.1) is 0 Å². The molecule has 0 aromatic heterocycles. The number of hydrogen-bond donors (Lipinski definition) is 0. The van der Waals surface area contributed by atoms with E-state index in [-0.39, 0.29) is 42.8 Å². The standard InChI is InChI=1S/C3H8O5S.Na/c1-7-2-3-8-9(4,5)6;/h2-3H2,1H3,(H,4,5,6);/q;+1/p-1. The molecule has 10 heavy (non-hydrogen) atoms. The zero-order chi connectivity index (χ0) is 7.33. The molecule has 0 heterocycles. The molecule has 0 aromatic rings. The van der Waals surface area contributed by atoms with Crippen molar-refractivity contribution < 1.29 is 51.4 Å². The van der Waals surface area contributed by atoms with Crippen LogP contribution in [0.25, 0.3) is 0 Å². The Kier molecular flexibility index (Phi) is 8.77. The molecule has 0 bridgehead atoms. The quantitative estimate of drug-likeness (QED) is 0.190. The Morgan fingerprint density at radius 1 is 1.40 bits per heavy atom. The third-order valence-electron chi connectivity index (χ3n) is 0.515. The Labute approximate surface area is 81.9 Å². The van der Waals surface area contributed by atoms with Crippen molar-refractivity contribution in [2.24, 2.45) is 0 Å². The second-order valence-corrected chi connectivity index (χ2v) is 2.28. The minimum atomic E-state index is -4.53. The van der Waals surface area contributed by atoms with Gasteiger partial charge in [-0.25, -0.2) is 8.42 Å². The van der Waals surface area contributed by atoms with Gasteiger partial charge in [-0.15, -0.1) is 0 Å². The molecule has 0 aliphatic rings. The molecular weight excluding hydrogens is 171 g/mol. The van der Waals surface area contributed by atoms with Gasteiger partial charge in [0.15, 0.2) is 0 Å². The molecule has 0 atom stereocenters. The summed E-state index contributed by atoms with van der Waals surface area (Å²) in [5.74, 6) is 0. The number of rotatable bonds is 4. The maximum Gasteiger partial charge on any atom is 1.00 e. The minimum Gasteiger partial charge on any atom is -0.726 e. The molecule has 56 valence electrons. The number of hydrogen-bond acceptors (Lipinski definition) is 5. The Bertz CT molecular complexity index is 152. The van der Waals surface area contributed by atoms with Crippen LogP contribution < -0.4 is 29.6 Å². The van der Waals surface area contributed by atoms with Crippen molar-refractivity contribution in [2.75, 3.05) is 20.3 Å². The van der Waals surface area contributed by atoms with Crippen LogP contribution in [0.3, 0.4) is 0 Å². The fraction of sp³-hybridized carbons (Fsp3) is 1.00. The molecule has 7 heteroatoms. The van der Waals surface area contributed by atoms with Crippen molar-refractivity contribution in [3.8, 4) is 0 Å². The topological polar surface area (TPSA) is 75.7 Å². The van der Waals surface area contributed by atoms with Crippen LogP contribution in [0.4, 0.5) is 0 Å². The summed E-state index contributed by atoms with van der Waals surface area (Å²) in [6.45, 7) is -0.121. The van der Waals surface area contributed by atoms with Gasteiger partial charge in [-0.1, -0.05) is 0 Å². The second-order valence-electron chi connectivity index (χ2n) is 1.22. The van der Waals surface area contributed by atoms with Crippen LogP contribution >= 0.6 is 0 Å². The molecule has 0 aromatic carbocycles. The first-order chi connectivity index (χ1) is 4.06. The van der Waals surface area contributed by atoms with E-state index in [0.717, 1.165) is 0 Å². The van der Waals surface area contributed by atoms with E-state index in [2.05, 4.69) is 8.92 Å². The van der Waals surface area contributed by atoms with Crippen LogP contribution in [0.1, 0.15) is 0 Å². The molecule has 0 spiro atoms. The van der Waals surface area contributed by atoms with Gasteiger partial charge in [0.25, 0.3) is 0 Å². The van der Waals surface area contributed by atoms with Crippen molar-refractivity contribution in [3.05, 3.63) is 0 Å². The van der Waals surface area contributed by atoms with Gasteiger partial charge in [-0.05, 0) is 0 Å². The molecule has 0 saturated heterocycles. The average Bonchev–Trinajstić information content (AvgIpc) is 1.63. The summed E-state index contributed by atoms with van der Waals surface area (Å²) < 4.78 is 37.2. The summed E-state index contributed by atoms with van der Waals surface area (Å²) in [5, 5.41) is 0. The third kappa shape index (κ3) is 11.6. The smallest absolute Gasteiger partial charge is 0.726 e. The first kappa shape index (κ1) is 13.4. The van der Waals surface area contributed by atoms with E-state index in [1.807, 2.05) is 0 Å². The van der Waals surface area contributed by atoms with Gasteiger partial charge in [0, 0.05) is 7.11 Å². The predicted octanol–water partition coefficient (Wildman–Crippen LogP) is -3.89. The zero-order valence-corrected chi connectivity index (χ0v) is 8.68. The molecular formula is C3H7NaO5S. The number of ether oxygens (including phenoxy) is 1. The van der Waals surface area contributed by atoms with Gasteiger partial charge in [0.05, 0.1) is 13.2 Å². The van der Waals surface area contributed by atoms with Crippen molar-refractivity contribution in [1.82, 2.24) is 0 Å². The largest absolute Gasteiger partial charge is 1.00 e. The van der Waals surface area contributed by atoms with Gasteiger partial charge in [0.1, 0.15) is 0 Å². The fourth-order valence-corrected chi connectivity index (χ4v) is 0.492. The van der Waals surface area contributed by atoms with E-state index in [0.29, 0.717) is 0 Å². The Morgan fingerprint density at radius 3 is 2.20 bits per heavy atom. The second kappa shape index (κ2) is 6.53. The normalized spacial score (nSPS) is 10.6. The Morgan fingerprint density at radius 2 is 1.90 bits per heavy atom. The van der Waals surface area contributed by atoms with Crippen LogP contribution in [0.5, 0.6) is 0 Å². The van der Waals surface area contributed by atoms with Gasteiger partial charge in [-0.3, -0.25) is 4.18 Å². The van der Waals surface area contributed by atoms with Crippen molar-refractivity contribution in [1.29, 1.82) is 0 Å². The maximum atomic E-state index is 9.67. The fourth-order valence-electron chi connectivity index (χ4n) is 0.219. The third-order valence-corrected chi connectivity index (χ3v) is 0.970. The van der Waals surface area contributed by atoms with Gasteiger partial charge in [0.2, 0.25) is 10.4 Å². The van der Waals surface area contributed by atoms with Gasteiger partial charge < -0.3 is 9.29 Å². The SMILES string of the molecule is COCCOS(=O)(=O)[O-].[Na+]. The molecule has 0 unspecified atom stereocenters. The predicted molar refractivity (Wildman–Crippen MR) is 27.5 cm³/mol. The van der Waals surface area contributed by atoms with Gasteiger partial charge >= 0.3 is 29.6 Å². The molecule has 0 radical (unpaired) electrons. The summed E-state index contributed by atoms with van der Waals surface area (Å²) in [7, 11) is -3.15. The molecule has 0 saturated carbocycles. The Hall–Kier alpha value is 0.830. The summed E-state index contributed by atoms with van der Waals surface area (Å²) in [6, 6.07) is 0. The van der Waals surface area contributed by atoms with Crippen LogP contribution in [-0.4, -0.2) is 33.3 Å². The monoisotopic (exact) mass is 178 g/mol. The molecule has 0 amide bonds. The van der Waals surface area contributed by atoms with Crippen molar-refractivity contribution in [2.45, 2.75) is 0 Å². The van der Waals surface area contributed by atoms with E-state index in [1.54, 1.807) is 0 Å². The van der Waals surface area contributed by atoms with Crippen LogP contribution in [-0.2, 0) is 19.3 Å². The van der Waals surface area contributed by atoms with E-state index >= 15 is 0 Å². The first-order valence-electron chi connectivity index (χ1n) is 2.15. The summed E-state index contributed by atoms with van der Waals surface area (Å²) >= 11 is 0. The van der Waals surface area contributed by atoms with Crippen LogP contribution in [0.15, 0.2) is 0 Å². The summed E-state index contributed by atoms with van der Waals surface area (Å²) in [4.78, 5) is 0. The van der Waals surface area contributed by atoms with E-state index in [9.17, 15) is 13.0 Å². The van der Waals surface area contributed by atoms with Crippen molar-refractivity contribution in [3.63, 3.8) is 0 Å². The van der Waals surface area contributed by atoms with Crippen molar-refractivity contribution >= 4 is 10.4 Å². The summed E-state index contributed by atoms with van der Waals surface area (Å²) in [5.41, 5.74) is 0. The Balaban J connectivity index is 0. The zero-order valence-electron chi connectivity index (χ0n) is 5.86. The van der Waals surface area contributed by atoms with E-state index in [4.69, 9.17) is 0 Å². The molecule has 0 aliphatic heterocycles. The van der Waals surface area contributed by atoms with E-state index in [1.165, 1.54) is 7.11 Å². The van der Waals surface area contributed by atoms with Crippen LogP contribution in [0.2, 0.25) is 0 Å². The number of methoxy groups -OCH3 is 1. The van der Waals surface area contributed by atoms with E-state index < -0.39 is 10.4 Å². The molecule has 0 fully saturated rings. The maximum absolute atomic E-state index is 9.67. The molecule has 5 nitrogen and oxygen atoms in total. The van der Waals surface area contributed by atoms with Gasteiger partial charge in [-0.2, -0.15) is 0 Å². The first-order valence-corrected chi connectivity index (χ1v) is 3.49. The molecule has 0 rings (SSSR count). The average molecular weight is 178 g/mol. The molecule has 0 N–H and O–H groups in total. The minimum absolute atomic E-state index is 0. The summed E-state index contributed by atoms with van der Waals surface area (Å²) in [6.07, 6.45) is 0.